The van der Waals surface area contributed by atoms with E-state index in [2.05, 4.69) is 0 Å². The Morgan fingerprint density at radius 3 is 2.54 bits per heavy atom. The molecule has 70 valence electrons. The lowest BCUT2D eigenvalue weighted by molar-refractivity contribution is 0.100. The van der Waals surface area contributed by atoms with Gasteiger partial charge in [0.1, 0.15) is 5.75 Å². The molecule has 1 aromatic rings. The molecule has 0 aliphatic rings. The van der Waals surface area contributed by atoms with Gasteiger partial charge in [0.2, 0.25) is 0 Å². The van der Waals surface area contributed by atoms with Crippen LogP contribution in [0, 0.1) is 0 Å². The smallest absolute Gasteiger partial charge is 0.251 e. The van der Waals surface area contributed by atoms with E-state index in [9.17, 15) is 4.79 Å². The van der Waals surface area contributed by atoms with Crippen LogP contribution in [0.15, 0.2) is 12.1 Å². The molecule has 0 fully saturated rings. The van der Waals surface area contributed by atoms with Crippen molar-refractivity contribution >= 4 is 29.1 Å². The predicted octanol–water partition coefficient (Wildman–Crippen LogP) is 2.10. The molecule has 3 nitrogen and oxygen atoms in total. The molecule has 1 rings (SSSR count). The number of benzene rings is 1. The molecule has 13 heavy (non-hydrogen) atoms. The number of primary amides is 1. The van der Waals surface area contributed by atoms with Gasteiger partial charge in [-0.25, -0.2) is 0 Å². The van der Waals surface area contributed by atoms with Crippen LogP contribution in [-0.4, -0.2) is 13.0 Å². The average molecular weight is 220 g/mol. The van der Waals surface area contributed by atoms with Crippen LogP contribution in [0.2, 0.25) is 10.0 Å². The summed E-state index contributed by atoms with van der Waals surface area (Å²) in [5.41, 5.74) is 5.16. The van der Waals surface area contributed by atoms with Crippen LogP contribution in [-0.2, 0) is 0 Å². The number of ether oxygens (including phenoxy) is 1. The molecule has 0 aliphatic heterocycles. The third-order valence-corrected chi connectivity index (χ3v) is 2.21. The van der Waals surface area contributed by atoms with E-state index in [0.717, 1.165) is 0 Å². The Bertz CT molecular complexity index is 352. The van der Waals surface area contributed by atoms with Crippen LogP contribution >= 0.6 is 23.2 Å². The Balaban J connectivity index is 3.38. The van der Waals surface area contributed by atoms with Gasteiger partial charge in [-0.05, 0) is 12.1 Å². The number of amides is 1. The van der Waals surface area contributed by atoms with Gasteiger partial charge >= 0.3 is 0 Å². The lowest BCUT2D eigenvalue weighted by atomic mass is 10.2. The molecule has 0 atom stereocenters. The molecule has 2 N–H and O–H groups in total. The summed E-state index contributed by atoms with van der Waals surface area (Å²) in [4.78, 5) is 10.9. The SMILES string of the molecule is COc1ccc(Cl)c(C(N)=O)c1Cl. The van der Waals surface area contributed by atoms with Crippen molar-refractivity contribution < 1.29 is 9.53 Å². The van der Waals surface area contributed by atoms with E-state index in [0.29, 0.717) is 5.75 Å². The number of halogens is 2. The molecule has 0 radical (unpaired) electrons. The Morgan fingerprint density at radius 2 is 2.08 bits per heavy atom. The number of carbonyl (C=O) groups excluding carboxylic acids is 1. The highest BCUT2D eigenvalue weighted by Crippen LogP contribution is 2.32. The molecule has 0 saturated carbocycles. The number of methoxy groups -OCH3 is 1. The van der Waals surface area contributed by atoms with Crippen molar-refractivity contribution in [3.8, 4) is 5.75 Å². The second-order valence-electron chi connectivity index (χ2n) is 2.30. The first kappa shape index (κ1) is 10.2. The molecular formula is C8H7Cl2NO2. The minimum Gasteiger partial charge on any atom is -0.495 e. The lowest BCUT2D eigenvalue weighted by Gasteiger charge is -2.07. The van der Waals surface area contributed by atoms with E-state index in [1.165, 1.54) is 13.2 Å². The van der Waals surface area contributed by atoms with Crippen LogP contribution < -0.4 is 10.5 Å². The standard InChI is InChI=1S/C8H7Cl2NO2/c1-13-5-3-2-4(9)6(7(5)10)8(11)12/h2-3H,1H3,(H2,11,12). The van der Waals surface area contributed by atoms with E-state index in [1.54, 1.807) is 6.07 Å². The van der Waals surface area contributed by atoms with Crippen molar-refractivity contribution in [1.29, 1.82) is 0 Å². The van der Waals surface area contributed by atoms with Crippen molar-refractivity contribution in [3.63, 3.8) is 0 Å². The Morgan fingerprint density at radius 1 is 1.46 bits per heavy atom. The quantitative estimate of drug-likeness (QED) is 0.829. The van der Waals surface area contributed by atoms with Gasteiger partial charge in [0, 0.05) is 0 Å². The summed E-state index contributed by atoms with van der Waals surface area (Å²) in [6, 6.07) is 3.07. The number of nitrogens with two attached hydrogens (primary N) is 1. The largest absolute Gasteiger partial charge is 0.495 e. The fourth-order valence-electron chi connectivity index (χ4n) is 0.917. The highest BCUT2D eigenvalue weighted by atomic mass is 35.5. The maximum Gasteiger partial charge on any atom is 0.251 e. The number of carbonyl (C=O) groups is 1. The Kier molecular flexibility index (Phi) is 3.01. The first-order valence-electron chi connectivity index (χ1n) is 3.39. The van der Waals surface area contributed by atoms with E-state index < -0.39 is 5.91 Å². The third kappa shape index (κ3) is 1.87. The fourth-order valence-corrected chi connectivity index (χ4v) is 1.55. The molecular weight excluding hydrogens is 213 g/mol. The zero-order chi connectivity index (χ0) is 10.0. The summed E-state index contributed by atoms with van der Waals surface area (Å²) in [5, 5.41) is 0.362. The van der Waals surface area contributed by atoms with Gasteiger partial charge in [-0.1, -0.05) is 23.2 Å². The zero-order valence-corrected chi connectivity index (χ0v) is 8.32. The van der Waals surface area contributed by atoms with Crippen molar-refractivity contribution in [2.75, 3.05) is 7.11 Å². The van der Waals surface area contributed by atoms with Crippen LogP contribution in [0.25, 0.3) is 0 Å². The van der Waals surface area contributed by atoms with Gasteiger partial charge in [0.25, 0.3) is 5.91 Å². The van der Waals surface area contributed by atoms with Gasteiger partial charge in [0.05, 0.1) is 22.7 Å². The molecule has 0 unspecified atom stereocenters. The van der Waals surface area contributed by atoms with E-state index in [-0.39, 0.29) is 15.6 Å². The second-order valence-corrected chi connectivity index (χ2v) is 3.09. The van der Waals surface area contributed by atoms with Gasteiger partial charge in [-0.2, -0.15) is 0 Å². The van der Waals surface area contributed by atoms with Crippen LogP contribution in [0.5, 0.6) is 5.75 Å². The molecule has 0 bridgehead atoms. The molecule has 1 aromatic carbocycles. The summed E-state index contributed by atoms with van der Waals surface area (Å²) in [5.74, 6) is -0.297. The van der Waals surface area contributed by atoms with Crippen LogP contribution in [0.4, 0.5) is 0 Å². The second kappa shape index (κ2) is 3.85. The summed E-state index contributed by atoms with van der Waals surface area (Å²) < 4.78 is 4.89. The Labute approximate surface area is 85.4 Å². The topological polar surface area (TPSA) is 52.3 Å². The molecule has 0 heterocycles. The van der Waals surface area contributed by atoms with Crippen LogP contribution in [0.3, 0.4) is 0 Å². The van der Waals surface area contributed by atoms with E-state index in [4.69, 9.17) is 33.7 Å². The third-order valence-electron chi connectivity index (χ3n) is 1.52. The summed E-state index contributed by atoms with van der Waals surface area (Å²) in [6.45, 7) is 0. The minimum absolute atomic E-state index is 0.0858. The first-order chi connectivity index (χ1) is 6.07. The minimum atomic E-state index is -0.672. The van der Waals surface area contributed by atoms with Crippen LogP contribution in [0.1, 0.15) is 10.4 Å². The van der Waals surface area contributed by atoms with Crippen molar-refractivity contribution in [2.45, 2.75) is 0 Å². The fraction of sp³-hybridized carbons (Fsp3) is 0.125. The highest BCUT2D eigenvalue weighted by molar-refractivity contribution is 6.40. The lowest BCUT2D eigenvalue weighted by Crippen LogP contribution is -2.12. The average Bonchev–Trinajstić information content (AvgIpc) is 2.04. The van der Waals surface area contributed by atoms with Gasteiger partial charge in [-0.3, -0.25) is 4.79 Å². The Hall–Kier alpha value is -0.930. The van der Waals surface area contributed by atoms with Gasteiger partial charge < -0.3 is 10.5 Å². The van der Waals surface area contributed by atoms with Gasteiger partial charge in [-0.15, -0.1) is 0 Å². The van der Waals surface area contributed by atoms with E-state index in [1.807, 2.05) is 0 Å². The number of hydrogen-bond acceptors (Lipinski definition) is 2. The molecule has 1 amide bonds. The highest BCUT2D eigenvalue weighted by Gasteiger charge is 2.15. The summed E-state index contributed by atoms with van der Waals surface area (Å²) >= 11 is 11.5. The summed E-state index contributed by atoms with van der Waals surface area (Å²) in [6.07, 6.45) is 0. The predicted molar refractivity (Wildman–Crippen MR) is 51.5 cm³/mol. The van der Waals surface area contributed by atoms with E-state index >= 15 is 0 Å². The molecule has 0 aromatic heterocycles. The monoisotopic (exact) mass is 219 g/mol. The normalized spacial score (nSPS) is 9.77. The molecule has 5 heteroatoms. The zero-order valence-electron chi connectivity index (χ0n) is 6.80. The molecule has 0 spiro atoms. The van der Waals surface area contributed by atoms with Crippen molar-refractivity contribution in [1.82, 2.24) is 0 Å². The van der Waals surface area contributed by atoms with Crippen molar-refractivity contribution in [3.05, 3.63) is 27.7 Å². The molecule has 0 saturated heterocycles. The number of rotatable bonds is 2. The van der Waals surface area contributed by atoms with Crippen molar-refractivity contribution in [2.24, 2.45) is 5.73 Å². The molecule has 0 aliphatic carbocycles. The maximum absolute atomic E-state index is 10.9. The summed E-state index contributed by atoms with van der Waals surface area (Å²) in [7, 11) is 1.44. The first-order valence-corrected chi connectivity index (χ1v) is 4.15. The maximum atomic E-state index is 10.9. The number of hydrogen-bond donors (Lipinski definition) is 1. The van der Waals surface area contributed by atoms with Gasteiger partial charge in [0.15, 0.2) is 0 Å².